The number of benzene rings is 3. The van der Waals surface area contributed by atoms with Crippen LogP contribution in [0.3, 0.4) is 0 Å². The van der Waals surface area contributed by atoms with Crippen molar-refractivity contribution in [3.8, 4) is 11.3 Å². The minimum absolute atomic E-state index is 0.0917. The average molecular weight is 623 g/mol. The van der Waals surface area contributed by atoms with Crippen LogP contribution in [-0.4, -0.2) is 22.0 Å². The highest BCUT2D eigenvalue weighted by Crippen LogP contribution is 2.53. The number of halogens is 3. The lowest BCUT2D eigenvalue weighted by atomic mass is 10.1. The Labute approximate surface area is 227 Å². The molecule has 0 fully saturated rings. The Hall–Kier alpha value is -3.28. The van der Waals surface area contributed by atoms with Crippen molar-refractivity contribution in [1.29, 1.82) is 0 Å². The molecule has 0 aliphatic carbocycles. The number of amides is 1. The number of carbonyl (C=O) groups excluding carboxylic acids is 1. The summed E-state index contributed by atoms with van der Waals surface area (Å²) in [7, 11) is -4.58. The molecule has 0 saturated carbocycles. The van der Waals surface area contributed by atoms with E-state index in [1.807, 2.05) is 0 Å². The summed E-state index contributed by atoms with van der Waals surface area (Å²) in [5.41, 5.74) is 2.75. The van der Waals surface area contributed by atoms with E-state index in [2.05, 4.69) is 30.4 Å². The highest BCUT2D eigenvalue weighted by atomic mass is 79.9. The number of anilines is 1. The van der Waals surface area contributed by atoms with Gasteiger partial charge in [0.25, 0.3) is 5.91 Å². The topological polar surface area (TPSA) is 106 Å². The van der Waals surface area contributed by atoms with Crippen molar-refractivity contribution in [2.24, 2.45) is 0 Å². The largest absolute Gasteiger partial charge is 0.478 e. The Morgan fingerprint density at radius 1 is 1.00 bits per heavy atom. The highest BCUT2D eigenvalue weighted by Gasteiger charge is 2.29. The first kappa shape index (κ1) is 27.7. The SMILES string of the molecule is O=C(O)c1ccc(-c2csc(N(Cc3ccc(CP(=O)(OF)OF)c(Br)c3)C(=O)c3ccccc3)n2)cc1. The fraction of sp³-hybridized carbons (Fsp3) is 0.0800. The molecule has 0 radical (unpaired) electrons. The van der Waals surface area contributed by atoms with Crippen molar-refractivity contribution in [2.75, 3.05) is 4.90 Å². The molecule has 4 rings (SSSR count). The third-order valence-electron chi connectivity index (χ3n) is 5.45. The molecule has 0 aliphatic rings. The van der Waals surface area contributed by atoms with Crippen LogP contribution in [-0.2, 0) is 26.7 Å². The van der Waals surface area contributed by atoms with Crippen LogP contribution < -0.4 is 4.90 Å². The molecule has 0 unspecified atom stereocenters. The number of thiazole rings is 1. The third-order valence-corrected chi connectivity index (χ3v) is 8.20. The molecule has 13 heteroatoms. The van der Waals surface area contributed by atoms with Crippen molar-refractivity contribution in [1.82, 2.24) is 4.98 Å². The lowest BCUT2D eigenvalue weighted by molar-refractivity contribution is -0.0881. The molecule has 0 saturated heterocycles. The fourth-order valence-electron chi connectivity index (χ4n) is 3.54. The maximum absolute atomic E-state index is 13.5. The van der Waals surface area contributed by atoms with Gasteiger partial charge in [-0.15, -0.1) is 20.8 Å². The van der Waals surface area contributed by atoms with E-state index in [0.29, 0.717) is 32.0 Å². The summed E-state index contributed by atoms with van der Waals surface area (Å²) in [6.07, 6.45) is -0.649. The summed E-state index contributed by atoms with van der Waals surface area (Å²) < 4.78 is 43.6. The quantitative estimate of drug-likeness (QED) is 0.181. The van der Waals surface area contributed by atoms with Crippen LogP contribution >= 0.6 is 34.9 Å². The van der Waals surface area contributed by atoms with Gasteiger partial charge in [-0.3, -0.25) is 14.3 Å². The number of rotatable bonds is 10. The Morgan fingerprint density at radius 2 is 1.68 bits per heavy atom. The van der Waals surface area contributed by atoms with E-state index in [1.54, 1.807) is 60.0 Å². The molecule has 0 aliphatic heterocycles. The molecule has 0 atom stereocenters. The van der Waals surface area contributed by atoms with Crippen LogP contribution in [0, 0.1) is 0 Å². The first-order valence-corrected chi connectivity index (χ1v) is 14.3. The number of carboxylic acids is 1. The van der Waals surface area contributed by atoms with Crippen LogP contribution in [0.25, 0.3) is 11.3 Å². The van der Waals surface area contributed by atoms with Gasteiger partial charge in [0.15, 0.2) is 5.13 Å². The number of carbonyl (C=O) groups is 2. The summed E-state index contributed by atoms with van der Waals surface area (Å²) >= 11 is 4.54. The van der Waals surface area contributed by atoms with Crippen LogP contribution in [0.2, 0.25) is 0 Å². The summed E-state index contributed by atoms with van der Waals surface area (Å²) in [6, 6.07) is 19.6. The first-order valence-electron chi connectivity index (χ1n) is 10.9. The molecule has 1 aromatic heterocycles. The van der Waals surface area contributed by atoms with E-state index in [-0.39, 0.29) is 23.6 Å². The summed E-state index contributed by atoms with van der Waals surface area (Å²) in [6.45, 7) is 0.0917. The predicted octanol–water partition coefficient (Wildman–Crippen LogP) is 7.61. The van der Waals surface area contributed by atoms with Crippen molar-refractivity contribution in [2.45, 2.75) is 12.7 Å². The molecule has 38 heavy (non-hydrogen) atoms. The van der Waals surface area contributed by atoms with Crippen molar-refractivity contribution < 1.29 is 37.8 Å². The molecule has 0 spiro atoms. The van der Waals surface area contributed by atoms with Crippen LogP contribution in [0.4, 0.5) is 14.2 Å². The molecule has 196 valence electrons. The van der Waals surface area contributed by atoms with Gasteiger partial charge in [-0.05, 0) is 50.5 Å². The zero-order valence-corrected chi connectivity index (χ0v) is 22.6. The van der Waals surface area contributed by atoms with E-state index in [1.165, 1.54) is 34.4 Å². The predicted molar refractivity (Wildman–Crippen MR) is 141 cm³/mol. The van der Waals surface area contributed by atoms with E-state index in [0.717, 1.165) is 0 Å². The Balaban J connectivity index is 1.65. The second kappa shape index (κ2) is 12.1. The van der Waals surface area contributed by atoms with Gasteiger partial charge in [0.2, 0.25) is 0 Å². The zero-order valence-electron chi connectivity index (χ0n) is 19.3. The molecule has 4 aromatic rings. The summed E-state index contributed by atoms with van der Waals surface area (Å²) in [5.74, 6) is -1.35. The monoisotopic (exact) mass is 622 g/mol. The Bertz CT molecular complexity index is 1500. The normalized spacial score (nSPS) is 11.3. The van der Waals surface area contributed by atoms with Gasteiger partial charge < -0.3 is 5.11 Å². The zero-order chi connectivity index (χ0) is 27.3. The van der Waals surface area contributed by atoms with E-state index in [4.69, 9.17) is 5.11 Å². The molecule has 0 bridgehead atoms. The number of aromatic carboxylic acids is 1. The molecular weight excluding hydrogens is 605 g/mol. The minimum atomic E-state index is -4.58. The van der Waals surface area contributed by atoms with Gasteiger partial charge in [-0.1, -0.05) is 58.4 Å². The minimum Gasteiger partial charge on any atom is -0.478 e. The Morgan fingerprint density at radius 3 is 2.29 bits per heavy atom. The molecule has 1 heterocycles. The van der Waals surface area contributed by atoms with Crippen LogP contribution in [0.15, 0.2) is 82.6 Å². The lowest BCUT2D eigenvalue weighted by Gasteiger charge is -2.21. The number of carboxylic acid groups (broad SMARTS) is 1. The van der Waals surface area contributed by atoms with Gasteiger partial charge in [0.05, 0.1) is 24.0 Å². The standard InChI is InChI=1S/C25H18BrF2N2O6PS/c26-21-12-16(6-7-20(21)14-37(34,35-27)36-28)13-30(23(31)18-4-2-1-3-5-18)25-29-22(15-38-25)17-8-10-19(11-9-17)24(32)33/h1-12,15H,13-14H2,(H,32,33). The van der Waals surface area contributed by atoms with Crippen LogP contribution in [0.1, 0.15) is 31.8 Å². The van der Waals surface area contributed by atoms with Gasteiger partial charge >= 0.3 is 13.6 Å². The maximum Gasteiger partial charge on any atom is 0.399 e. The van der Waals surface area contributed by atoms with E-state index in [9.17, 15) is 23.2 Å². The number of aromatic nitrogens is 1. The Kier molecular flexibility index (Phi) is 8.80. The van der Waals surface area contributed by atoms with Crippen molar-refractivity contribution >= 4 is 51.9 Å². The number of hydrogen-bond acceptors (Lipinski definition) is 7. The second-order valence-electron chi connectivity index (χ2n) is 7.99. The molecule has 1 amide bonds. The fourth-order valence-corrected chi connectivity index (χ4v) is 5.96. The van der Waals surface area contributed by atoms with Gasteiger partial charge in [0.1, 0.15) is 0 Å². The highest BCUT2D eigenvalue weighted by molar-refractivity contribution is 9.10. The van der Waals surface area contributed by atoms with Crippen LogP contribution in [0.5, 0.6) is 0 Å². The van der Waals surface area contributed by atoms with E-state index >= 15 is 0 Å². The first-order chi connectivity index (χ1) is 18.2. The second-order valence-corrected chi connectivity index (χ2v) is 11.5. The molecular formula is C25H18BrF2N2O6PS. The van der Waals surface area contributed by atoms with Crippen molar-refractivity contribution in [3.05, 3.63) is 105 Å². The smallest absolute Gasteiger partial charge is 0.399 e. The van der Waals surface area contributed by atoms with Gasteiger partial charge in [0, 0.05) is 21.0 Å². The number of hydrogen-bond donors (Lipinski definition) is 1. The van der Waals surface area contributed by atoms with Gasteiger partial charge in [-0.2, -0.15) is 0 Å². The van der Waals surface area contributed by atoms with Gasteiger partial charge in [-0.25, -0.2) is 9.78 Å². The third kappa shape index (κ3) is 6.40. The van der Waals surface area contributed by atoms with E-state index < -0.39 is 19.7 Å². The average Bonchev–Trinajstić information content (AvgIpc) is 3.43. The summed E-state index contributed by atoms with van der Waals surface area (Å²) in [5, 5.41) is 11.3. The molecule has 3 aromatic carbocycles. The van der Waals surface area contributed by atoms with Crippen molar-refractivity contribution in [3.63, 3.8) is 0 Å². The summed E-state index contributed by atoms with van der Waals surface area (Å²) in [4.78, 5) is 30.7. The maximum atomic E-state index is 13.5. The molecule has 1 N–H and O–H groups in total. The lowest BCUT2D eigenvalue weighted by Crippen LogP contribution is -2.30. The molecule has 8 nitrogen and oxygen atoms in total. The number of nitrogens with zero attached hydrogens (tertiary/aromatic N) is 2.